The molecule has 0 radical (unpaired) electrons. The molecule has 1 aliphatic carbocycles. The largest absolute Gasteiger partial charge is 0.497 e. The molecule has 0 aliphatic heterocycles. The maximum absolute atomic E-state index is 12.1. The first-order valence-corrected chi connectivity index (χ1v) is 10.2. The SMILES string of the molecule is COc1ccc(CSCC(=O)Nc2ccc(OC3CCCC3)cc2)cc1. The molecule has 1 aliphatic rings. The molecule has 2 aromatic rings. The Morgan fingerprint density at radius 2 is 1.69 bits per heavy atom. The molecule has 3 rings (SSSR count). The van der Waals surface area contributed by atoms with Gasteiger partial charge in [-0.05, 0) is 67.6 Å². The highest BCUT2D eigenvalue weighted by Gasteiger charge is 2.16. The molecule has 1 N–H and O–H groups in total. The lowest BCUT2D eigenvalue weighted by atomic mass is 10.2. The highest BCUT2D eigenvalue weighted by Crippen LogP contribution is 2.25. The minimum atomic E-state index is 0.00738. The Labute approximate surface area is 159 Å². The second kappa shape index (κ2) is 9.53. The maximum atomic E-state index is 12.1. The van der Waals surface area contributed by atoms with Gasteiger partial charge in [-0.3, -0.25) is 4.79 Å². The van der Waals surface area contributed by atoms with Crippen molar-refractivity contribution in [2.24, 2.45) is 0 Å². The van der Waals surface area contributed by atoms with Gasteiger partial charge in [0.25, 0.3) is 0 Å². The maximum Gasteiger partial charge on any atom is 0.234 e. The summed E-state index contributed by atoms with van der Waals surface area (Å²) in [5.41, 5.74) is 1.98. The minimum Gasteiger partial charge on any atom is -0.497 e. The van der Waals surface area contributed by atoms with Gasteiger partial charge >= 0.3 is 0 Å². The van der Waals surface area contributed by atoms with Crippen LogP contribution in [0.5, 0.6) is 11.5 Å². The standard InChI is InChI=1S/C21H25NO3S/c1-24-18-10-6-16(7-11-18)14-26-15-21(23)22-17-8-12-20(13-9-17)25-19-4-2-3-5-19/h6-13,19H,2-5,14-15H2,1H3,(H,22,23). The van der Waals surface area contributed by atoms with Crippen LogP contribution in [0.15, 0.2) is 48.5 Å². The second-order valence-electron chi connectivity index (χ2n) is 6.44. The van der Waals surface area contributed by atoms with Crippen LogP contribution in [0.1, 0.15) is 31.2 Å². The number of nitrogens with one attached hydrogen (secondary N) is 1. The molecule has 0 atom stereocenters. The van der Waals surface area contributed by atoms with Crippen LogP contribution >= 0.6 is 11.8 Å². The van der Waals surface area contributed by atoms with E-state index in [-0.39, 0.29) is 5.91 Å². The summed E-state index contributed by atoms with van der Waals surface area (Å²) >= 11 is 1.59. The molecule has 0 bridgehead atoms. The smallest absolute Gasteiger partial charge is 0.234 e. The number of thioether (sulfide) groups is 1. The average molecular weight is 372 g/mol. The normalized spacial score (nSPS) is 14.2. The summed E-state index contributed by atoms with van der Waals surface area (Å²) in [5.74, 6) is 2.95. The fourth-order valence-corrected chi connectivity index (χ4v) is 3.78. The summed E-state index contributed by atoms with van der Waals surface area (Å²) in [6, 6.07) is 15.6. The molecule has 5 heteroatoms. The van der Waals surface area contributed by atoms with E-state index in [0.29, 0.717) is 11.9 Å². The fraction of sp³-hybridized carbons (Fsp3) is 0.381. The quantitative estimate of drug-likeness (QED) is 0.718. The number of carbonyl (C=O) groups is 1. The van der Waals surface area contributed by atoms with E-state index in [4.69, 9.17) is 9.47 Å². The third-order valence-electron chi connectivity index (χ3n) is 4.40. The number of anilines is 1. The van der Waals surface area contributed by atoms with Crippen molar-refractivity contribution in [2.75, 3.05) is 18.2 Å². The van der Waals surface area contributed by atoms with Gasteiger partial charge in [0, 0.05) is 11.4 Å². The number of rotatable bonds is 8. The Morgan fingerprint density at radius 3 is 2.35 bits per heavy atom. The molecule has 4 nitrogen and oxygen atoms in total. The number of methoxy groups -OCH3 is 1. The molecule has 0 saturated heterocycles. The Bertz CT molecular complexity index is 694. The van der Waals surface area contributed by atoms with E-state index in [1.165, 1.54) is 18.4 Å². The summed E-state index contributed by atoms with van der Waals surface area (Å²) in [5, 5.41) is 2.93. The van der Waals surface area contributed by atoms with E-state index in [2.05, 4.69) is 5.32 Å². The predicted molar refractivity (Wildman–Crippen MR) is 107 cm³/mol. The number of amides is 1. The van der Waals surface area contributed by atoms with E-state index in [1.807, 2.05) is 48.5 Å². The van der Waals surface area contributed by atoms with Gasteiger partial charge in [-0.25, -0.2) is 0 Å². The first-order valence-electron chi connectivity index (χ1n) is 9.00. The van der Waals surface area contributed by atoms with Gasteiger partial charge < -0.3 is 14.8 Å². The fourth-order valence-electron chi connectivity index (χ4n) is 3.00. The molecule has 26 heavy (non-hydrogen) atoms. The summed E-state index contributed by atoms with van der Waals surface area (Å²) in [6.07, 6.45) is 5.15. The summed E-state index contributed by atoms with van der Waals surface area (Å²) < 4.78 is 11.1. The summed E-state index contributed by atoms with van der Waals surface area (Å²) in [4.78, 5) is 12.1. The van der Waals surface area contributed by atoms with Crippen molar-refractivity contribution in [3.63, 3.8) is 0 Å². The Balaban J connectivity index is 1.39. The number of ether oxygens (including phenoxy) is 2. The molecule has 2 aromatic carbocycles. The van der Waals surface area contributed by atoms with Crippen molar-refractivity contribution in [2.45, 2.75) is 37.5 Å². The molecule has 1 saturated carbocycles. The highest BCUT2D eigenvalue weighted by molar-refractivity contribution is 7.99. The predicted octanol–water partition coefficient (Wildman–Crippen LogP) is 4.89. The zero-order chi connectivity index (χ0) is 18.2. The topological polar surface area (TPSA) is 47.6 Å². The first-order chi connectivity index (χ1) is 12.7. The van der Waals surface area contributed by atoms with E-state index in [9.17, 15) is 4.79 Å². The lowest BCUT2D eigenvalue weighted by molar-refractivity contribution is -0.113. The van der Waals surface area contributed by atoms with Crippen molar-refractivity contribution < 1.29 is 14.3 Å². The van der Waals surface area contributed by atoms with E-state index in [0.717, 1.165) is 35.8 Å². The monoisotopic (exact) mass is 371 g/mol. The highest BCUT2D eigenvalue weighted by atomic mass is 32.2. The van der Waals surface area contributed by atoms with Crippen LogP contribution in [0.2, 0.25) is 0 Å². The zero-order valence-electron chi connectivity index (χ0n) is 15.1. The van der Waals surface area contributed by atoms with Crippen molar-refractivity contribution in [3.8, 4) is 11.5 Å². The van der Waals surface area contributed by atoms with Crippen LogP contribution in [0, 0.1) is 0 Å². The lowest BCUT2D eigenvalue weighted by Crippen LogP contribution is -2.14. The molecule has 0 heterocycles. The Morgan fingerprint density at radius 1 is 1.04 bits per heavy atom. The van der Waals surface area contributed by atoms with Crippen molar-refractivity contribution in [3.05, 3.63) is 54.1 Å². The summed E-state index contributed by atoms with van der Waals surface area (Å²) in [7, 11) is 1.65. The van der Waals surface area contributed by atoms with Crippen LogP contribution in [-0.2, 0) is 10.5 Å². The van der Waals surface area contributed by atoms with Gasteiger partial charge in [0.1, 0.15) is 11.5 Å². The van der Waals surface area contributed by atoms with Crippen LogP contribution < -0.4 is 14.8 Å². The third-order valence-corrected chi connectivity index (χ3v) is 5.41. The molecule has 1 fully saturated rings. The second-order valence-corrected chi connectivity index (χ2v) is 7.42. The Kier molecular flexibility index (Phi) is 6.83. The minimum absolute atomic E-state index is 0.00738. The first kappa shape index (κ1) is 18.6. The molecule has 0 aromatic heterocycles. The molecule has 138 valence electrons. The van der Waals surface area contributed by atoms with E-state index < -0.39 is 0 Å². The van der Waals surface area contributed by atoms with Crippen LogP contribution in [0.3, 0.4) is 0 Å². The van der Waals surface area contributed by atoms with Crippen molar-refractivity contribution >= 4 is 23.4 Å². The van der Waals surface area contributed by atoms with Crippen molar-refractivity contribution in [1.29, 1.82) is 0 Å². The number of hydrogen-bond donors (Lipinski definition) is 1. The summed E-state index contributed by atoms with van der Waals surface area (Å²) in [6.45, 7) is 0. The van der Waals surface area contributed by atoms with Crippen LogP contribution in [0.25, 0.3) is 0 Å². The average Bonchev–Trinajstić information content (AvgIpc) is 3.17. The molecular weight excluding hydrogens is 346 g/mol. The van der Waals surface area contributed by atoms with Crippen LogP contribution in [-0.4, -0.2) is 24.9 Å². The van der Waals surface area contributed by atoms with Gasteiger partial charge in [-0.1, -0.05) is 12.1 Å². The zero-order valence-corrected chi connectivity index (χ0v) is 15.9. The molecule has 1 amide bonds. The Hall–Kier alpha value is -2.14. The van der Waals surface area contributed by atoms with Gasteiger partial charge in [-0.15, -0.1) is 11.8 Å². The number of benzene rings is 2. The number of carbonyl (C=O) groups excluding carboxylic acids is 1. The molecule has 0 unspecified atom stereocenters. The van der Waals surface area contributed by atoms with E-state index in [1.54, 1.807) is 18.9 Å². The van der Waals surface area contributed by atoms with Crippen molar-refractivity contribution in [1.82, 2.24) is 0 Å². The molecule has 0 spiro atoms. The van der Waals surface area contributed by atoms with E-state index >= 15 is 0 Å². The van der Waals surface area contributed by atoms with Gasteiger partial charge in [0.2, 0.25) is 5.91 Å². The van der Waals surface area contributed by atoms with Gasteiger partial charge in [0.15, 0.2) is 0 Å². The third kappa shape index (κ3) is 5.70. The van der Waals surface area contributed by atoms with Crippen LogP contribution in [0.4, 0.5) is 5.69 Å². The lowest BCUT2D eigenvalue weighted by Gasteiger charge is -2.13. The van der Waals surface area contributed by atoms with Gasteiger partial charge in [0.05, 0.1) is 19.0 Å². The number of hydrogen-bond acceptors (Lipinski definition) is 4. The molecular formula is C21H25NO3S. The van der Waals surface area contributed by atoms with Gasteiger partial charge in [-0.2, -0.15) is 0 Å².